The number of benzene rings is 1. The smallest absolute Gasteiger partial charge is 0.453 e. The number of ether oxygens (including phenoxy) is 3. The summed E-state index contributed by atoms with van der Waals surface area (Å²) in [7, 11) is 2.43. The van der Waals surface area contributed by atoms with Crippen molar-refractivity contribution in [3.63, 3.8) is 0 Å². The summed E-state index contributed by atoms with van der Waals surface area (Å²) < 4.78 is 13.9. The summed E-state index contributed by atoms with van der Waals surface area (Å²) in [4.78, 5) is 26.3. The number of carbonyl (C=O) groups excluding carboxylic acids is 2. The van der Waals surface area contributed by atoms with Crippen molar-refractivity contribution in [1.82, 2.24) is 4.98 Å². The summed E-state index contributed by atoms with van der Waals surface area (Å²) in [6, 6.07) is 9.50. The van der Waals surface area contributed by atoms with Crippen LogP contribution < -0.4 is 15.8 Å². The number of hydrogen-bond donors (Lipinski definition) is 2. The average Bonchev–Trinajstić information content (AvgIpc) is 2.62. The summed E-state index contributed by atoms with van der Waals surface area (Å²) in [6.07, 6.45) is -1.54. The van der Waals surface area contributed by atoms with Crippen molar-refractivity contribution in [2.24, 2.45) is 10.2 Å². The van der Waals surface area contributed by atoms with Gasteiger partial charge in [0.25, 0.3) is 0 Å². The lowest BCUT2D eigenvalue weighted by molar-refractivity contribution is 0.121. The van der Waals surface area contributed by atoms with Gasteiger partial charge >= 0.3 is 12.2 Å². The summed E-state index contributed by atoms with van der Waals surface area (Å²) in [6.45, 7) is 0. The Morgan fingerprint density at radius 3 is 2.44 bits per heavy atom. The highest BCUT2D eigenvalue weighted by Crippen LogP contribution is 2.30. The van der Waals surface area contributed by atoms with E-state index in [9.17, 15) is 9.59 Å². The van der Waals surface area contributed by atoms with Gasteiger partial charge in [0, 0.05) is 0 Å². The van der Waals surface area contributed by atoms with Gasteiger partial charge in [0.05, 0.1) is 14.2 Å². The maximum absolute atomic E-state index is 11.2. The number of nitrogen functional groups attached to an aromatic ring is 1. The second-order valence-electron chi connectivity index (χ2n) is 4.44. The third kappa shape index (κ3) is 4.89. The Morgan fingerprint density at radius 2 is 1.76 bits per heavy atom. The molecule has 0 aliphatic carbocycles. The Hall–Kier alpha value is -3.69. The number of para-hydroxylation sites is 1. The normalized spacial score (nSPS) is 10.3. The van der Waals surface area contributed by atoms with Crippen LogP contribution in [0.15, 0.2) is 46.6 Å². The molecule has 0 fully saturated rings. The van der Waals surface area contributed by atoms with Gasteiger partial charge in [-0.3, -0.25) is 5.32 Å². The monoisotopic (exact) mass is 345 g/mol. The fraction of sp³-hybridized carbons (Fsp3) is 0.133. The molecule has 0 spiro atoms. The summed E-state index contributed by atoms with van der Waals surface area (Å²) in [5.41, 5.74) is 6.34. The molecular weight excluding hydrogens is 330 g/mol. The molecule has 0 atom stereocenters. The topological polar surface area (TPSA) is 137 Å². The average molecular weight is 345 g/mol. The molecule has 0 aliphatic rings. The van der Waals surface area contributed by atoms with Gasteiger partial charge in [-0.25, -0.2) is 14.6 Å². The van der Waals surface area contributed by atoms with Gasteiger partial charge in [0.1, 0.15) is 17.2 Å². The lowest BCUT2D eigenvalue weighted by atomic mass is 10.3. The van der Waals surface area contributed by atoms with Crippen molar-refractivity contribution >= 4 is 35.3 Å². The van der Waals surface area contributed by atoms with Gasteiger partial charge in [-0.1, -0.05) is 12.1 Å². The largest absolute Gasteiger partial charge is 0.513 e. The zero-order chi connectivity index (χ0) is 18.2. The van der Waals surface area contributed by atoms with Gasteiger partial charge in [0.15, 0.2) is 11.6 Å². The highest BCUT2D eigenvalue weighted by molar-refractivity contribution is 5.83. The van der Waals surface area contributed by atoms with Crippen LogP contribution in [-0.4, -0.2) is 31.5 Å². The van der Waals surface area contributed by atoms with Crippen LogP contribution in [0, 0.1) is 0 Å². The van der Waals surface area contributed by atoms with E-state index in [1.165, 1.54) is 32.4 Å². The molecule has 1 amide bonds. The molecule has 2 aromatic rings. The lowest BCUT2D eigenvalue weighted by Gasteiger charge is -2.06. The zero-order valence-corrected chi connectivity index (χ0v) is 13.4. The molecule has 25 heavy (non-hydrogen) atoms. The molecule has 10 nitrogen and oxygen atoms in total. The first-order valence-corrected chi connectivity index (χ1v) is 6.91. The quantitative estimate of drug-likeness (QED) is 0.492. The maximum atomic E-state index is 11.2. The number of nitrogens with two attached hydrogens (primary N) is 1. The molecule has 10 heteroatoms. The van der Waals surface area contributed by atoms with E-state index in [0.29, 0.717) is 5.69 Å². The summed E-state index contributed by atoms with van der Waals surface area (Å²) in [5.74, 6) is 0.426. The third-order valence-corrected chi connectivity index (χ3v) is 2.81. The standard InChI is InChI=1S/C15H15N5O5/c1-23-14(21)18-12-8-7-10(13(16)17-12)20-19-9-5-3-4-6-11(9)25-15(22)24-2/h3-8H,1-2H3,(H3,16,17,18,21). The fourth-order valence-electron chi connectivity index (χ4n) is 1.64. The molecule has 0 radical (unpaired) electrons. The molecular formula is C15H15N5O5. The van der Waals surface area contributed by atoms with E-state index < -0.39 is 12.2 Å². The Morgan fingerprint density at radius 1 is 1.04 bits per heavy atom. The van der Waals surface area contributed by atoms with Crippen molar-refractivity contribution in [3.05, 3.63) is 36.4 Å². The number of rotatable bonds is 4. The van der Waals surface area contributed by atoms with Gasteiger partial charge < -0.3 is 19.9 Å². The van der Waals surface area contributed by atoms with E-state index in [-0.39, 0.29) is 23.1 Å². The Balaban J connectivity index is 2.19. The predicted molar refractivity (Wildman–Crippen MR) is 88.3 cm³/mol. The van der Waals surface area contributed by atoms with E-state index in [4.69, 9.17) is 10.5 Å². The number of pyridine rings is 1. The van der Waals surface area contributed by atoms with Crippen molar-refractivity contribution < 1.29 is 23.8 Å². The SMILES string of the molecule is COC(=O)Nc1ccc(N=Nc2ccccc2OC(=O)OC)c(N)n1. The molecule has 0 saturated carbocycles. The summed E-state index contributed by atoms with van der Waals surface area (Å²) in [5, 5.41) is 10.3. The Bertz CT molecular complexity index is 809. The number of methoxy groups -OCH3 is 2. The fourth-order valence-corrected chi connectivity index (χ4v) is 1.64. The number of nitrogens with one attached hydrogen (secondary N) is 1. The predicted octanol–water partition coefficient (Wildman–Crippen LogP) is 3.40. The van der Waals surface area contributed by atoms with Gasteiger partial charge in [-0.2, -0.15) is 0 Å². The van der Waals surface area contributed by atoms with Gasteiger partial charge in [-0.05, 0) is 24.3 Å². The van der Waals surface area contributed by atoms with Crippen LogP contribution >= 0.6 is 0 Å². The number of azo groups is 1. The lowest BCUT2D eigenvalue weighted by Crippen LogP contribution is -2.12. The van der Waals surface area contributed by atoms with E-state index in [1.54, 1.807) is 18.2 Å². The Kier molecular flexibility index (Phi) is 5.82. The van der Waals surface area contributed by atoms with E-state index >= 15 is 0 Å². The minimum Gasteiger partial charge on any atom is -0.453 e. The molecule has 3 N–H and O–H groups in total. The molecule has 0 aliphatic heterocycles. The van der Waals surface area contributed by atoms with E-state index in [2.05, 4.69) is 30.0 Å². The number of anilines is 2. The van der Waals surface area contributed by atoms with Crippen LogP contribution in [-0.2, 0) is 9.47 Å². The second-order valence-corrected chi connectivity index (χ2v) is 4.44. The van der Waals surface area contributed by atoms with Crippen molar-refractivity contribution in [3.8, 4) is 5.75 Å². The molecule has 0 unspecified atom stereocenters. The van der Waals surface area contributed by atoms with Crippen LogP contribution in [0.25, 0.3) is 0 Å². The molecule has 2 rings (SSSR count). The van der Waals surface area contributed by atoms with E-state index in [0.717, 1.165) is 0 Å². The van der Waals surface area contributed by atoms with Crippen molar-refractivity contribution in [1.29, 1.82) is 0 Å². The number of aromatic nitrogens is 1. The second kappa shape index (κ2) is 8.24. The number of carbonyl (C=O) groups is 2. The molecule has 1 heterocycles. The van der Waals surface area contributed by atoms with E-state index in [1.807, 2.05) is 0 Å². The molecule has 130 valence electrons. The van der Waals surface area contributed by atoms with Gasteiger partial charge in [-0.15, -0.1) is 10.2 Å². The number of amides is 1. The van der Waals surface area contributed by atoms with Crippen molar-refractivity contribution in [2.45, 2.75) is 0 Å². The van der Waals surface area contributed by atoms with Crippen LogP contribution in [0.4, 0.5) is 32.6 Å². The minimum absolute atomic E-state index is 0.0454. The van der Waals surface area contributed by atoms with Crippen molar-refractivity contribution in [2.75, 3.05) is 25.3 Å². The molecule has 1 aromatic heterocycles. The zero-order valence-electron chi connectivity index (χ0n) is 13.4. The highest BCUT2D eigenvalue weighted by atomic mass is 16.7. The third-order valence-electron chi connectivity index (χ3n) is 2.81. The first kappa shape index (κ1) is 17.7. The van der Waals surface area contributed by atoms with Crippen LogP contribution in [0.3, 0.4) is 0 Å². The summed E-state index contributed by atoms with van der Waals surface area (Å²) >= 11 is 0. The van der Waals surface area contributed by atoms with Crippen LogP contribution in [0.5, 0.6) is 5.75 Å². The van der Waals surface area contributed by atoms with Gasteiger partial charge in [0.2, 0.25) is 0 Å². The first-order chi connectivity index (χ1) is 12.0. The number of nitrogens with zero attached hydrogens (tertiary/aromatic N) is 3. The Labute approximate surface area is 142 Å². The molecule has 0 saturated heterocycles. The molecule has 0 bridgehead atoms. The highest BCUT2D eigenvalue weighted by Gasteiger charge is 2.09. The maximum Gasteiger partial charge on any atom is 0.513 e. The minimum atomic E-state index is -0.873. The van der Waals surface area contributed by atoms with Crippen LogP contribution in [0.1, 0.15) is 0 Å². The number of hydrogen-bond acceptors (Lipinski definition) is 9. The first-order valence-electron chi connectivity index (χ1n) is 6.91. The molecule has 1 aromatic carbocycles. The van der Waals surface area contributed by atoms with Crippen LogP contribution in [0.2, 0.25) is 0 Å².